The number of hydrogen-bond acceptors (Lipinski definition) is 5. The molecule has 0 unspecified atom stereocenters. The van der Waals surface area contributed by atoms with Crippen LogP contribution in [0.3, 0.4) is 0 Å². The number of aromatic nitrogens is 2. The van der Waals surface area contributed by atoms with Crippen molar-refractivity contribution in [1.82, 2.24) is 9.97 Å². The zero-order valence-electron chi connectivity index (χ0n) is 8.59. The van der Waals surface area contributed by atoms with Crippen molar-refractivity contribution in [2.45, 2.75) is 0 Å². The van der Waals surface area contributed by atoms with E-state index in [1.54, 1.807) is 18.2 Å². The molecule has 5 nitrogen and oxygen atoms in total. The van der Waals surface area contributed by atoms with Crippen molar-refractivity contribution in [3.63, 3.8) is 0 Å². The smallest absolute Gasteiger partial charge is 0.323 e. The highest BCUT2D eigenvalue weighted by molar-refractivity contribution is 6.33. The maximum Gasteiger partial charge on any atom is 0.323 e. The van der Waals surface area contributed by atoms with Gasteiger partial charge < -0.3 is 10.5 Å². The quantitative estimate of drug-likeness (QED) is 0.823. The lowest BCUT2D eigenvalue weighted by Gasteiger charge is -2.04. The fraction of sp³-hybridized carbons (Fsp3) is 0. The van der Waals surface area contributed by atoms with E-state index in [1.165, 1.54) is 12.3 Å². The minimum absolute atomic E-state index is 0.0879. The molecule has 6 heteroatoms. The standard InChI is InChI=1S/C11H7ClN4O/c12-9-5-8(1-2-10(9)14)17-11-15-4-3-7(6-13)16-11/h1-5H,14H2. The number of anilines is 1. The summed E-state index contributed by atoms with van der Waals surface area (Å²) in [5, 5.41) is 9.06. The molecule has 1 aromatic carbocycles. The molecule has 0 amide bonds. The second-order valence-electron chi connectivity index (χ2n) is 3.12. The maximum atomic E-state index is 8.68. The van der Waals surface area contributed by atoms with Gasteiger partial charge in [0, 0.05) is 12.3 Å². The Morgan fingerprint density at radius 2 is 2.18 bits per heavy atom. The third-order valence-corrected chi connectivity index (χ3v) is 2.26. The van der Waals surface area contributed by atoms with Crippen LogP contribution < -0.4 is 10.5 Å². The number of hydrogen-bond donors (Lipinski definition) is 1. The largest absolute Gasteiger partial charge is 0.424 e. The minimum Gasteiger partial charge on any atom is -0.424 e. The fourth-order valence-corrected chi connectivity index (χ4v) is 1.30. The SMILES string of the molecule is N#Cc1ccnc(Oc2ccc(N)c(Cl)c2)n1. The van der Waals surface area contributed by atoms with Gasteiger partial charge in [-0.05, 0) is 18.2 Å². The summed E-state index contributed by atoms with van der Waals surface area (Å²) >= 11 is 5.84. The lowest BCUT2D eigenvalue weighted by Crippen LogP contribution is -1.94. The minimum atomic E-state index is 0.0879. The summed E-state index contributed by atoms with van der Waals surface area (Å²) in [5.74, 6) is 0.458. The summed E-state index contributed by atoms with van der Waals surface area (Å²) in [6, 6.07) is 8.29. The van der Waals surface area contributed by atoms with Gasteiger partial charge in [-0.1, -0.05) is 11.6 Å². The van der Waals surface area contributed by atoms with E-state index < -0.39 is 0 Å². The first-order chi connectivity index (χ1) is 8.19. The molecule has 17 heavy (non-hydrogen) atoms. The molecule has 2 N–H and O–H groups in total. The molecule has 0 aliphatic carbocycles. The molecule has 1 aromatic heterocycles. The first-order valence-electron chi connectivity index (χ1n) is 4.65. The zero-order chi connectivity index (χ0) is 12.3. The van der Waals surface area contributed by atoms with E-state index in [0.29, 0.717) is 16.5 Å². The Bertz CT molecular complexity index is 594. The van der Waals surface area contributed by atoms with E-state index >= 15 is 0 Å². The van der Waals surface area contributed by atoms with Gasteiger partial charge in [0.2, 0.25) is 0 Å². The highest BCUT2D eigenvalue weighted by Gasteiger charge is 2.04. The normalized spacial score (nSPS) is 9.65. The van der Waals surface area contributed by atoms with Crippen LogP contribution >= 0.6 is 11.6 Å². The van der Waals surface area contributed by atoms with E-state index in [0.717, 1.165) is 0 Å². The Kier molecular flexibility index (Phi) is 3.08. The molecule has 2 aromatic rings. The third-order valence-electron chi connectivity index (χ3n) is 1.93. The maximum absolute atomic E-state index is 8.68. The van der Waals surface area contributed by atoms with Crippen LogP contribution in [0.2, 0.25) is 5.02 Å². The second kappa shape index (κ2) is 4.68. The van der Waals surface area contributed by atoms with E-state index in [2.05, 4.69) is 9.97 Å². The number of nitrogens with zero attached hydrogens (tertiary/aromatic N) is 3. The van der Waals surface area contributed by atoms with E-state index in [9.17, 15) is 0 Å². The van der Waals surface area contributed by atoms with Crippen molar-refractivity contribution in [2.75, 3.05) is 5.73 Å². The third kappa shape index (κ3) is 2.62. The summed E-state index contributed by atoms with van der Waals surface area (Å²) < 4.78 is 5.34. The zero-order valence-corrected chi connectivity index (χ0v) is 9.35. The highest BCUT2D eigenvalue weighted by Crippen LogP contribution is 2.26. The molecule has 84 valence electrons. The summed E-state index contributed by atoms with van der Waals surface area (Å²) in [6.45, 7) is 0. The molecular formula is C11H7ClN4O. The van der Waals surface area contributed by atoms with Crippen molar-refractivity contribution in [3.05, 3.63) is 41.2 Å². The number of halogens is 1. The van der Waals surface area contributed by atoms with Crippen LogP contribution in [0, 0.1) is 11.3 Å². The molecule has 2 rings (SSSR count). The lowest BCUT2D eigenvalue weighted by atomic mass is 10.3. The van der Waals surface area contributed by atoms with Crippen LogP contribution in [0.4, 0.5) is 5.69 Å². The highest BCUT2D eigenvalue weighted by atomic mass is 35.5. The van der Waals surface area contributed by atoms with Gasteiger partial charge in [-0.2, -0.15) is 10.2 Å². The van der Waals surface area contributed by atoms with Gasteiger partial charge in [-0.3, -0.25) is 0 Å². The van der Waals surface area contributed by atoms with Crippen molar-refractivity contribution in [2.24, 2.45) is 0 Å². The average molecular weight is 247 g/mol. The van der Waals surface area contributed by atoms with Gasteiger partial charge in [-0.25, -0.2) is 4.98 Å². The summed E-state index contributed by atoms with van der Waals surface area (Å²) in [4.78, 5) is 7.75. The average Bonchev–Trinajstić information content (AvgIpc) is 2.34. The molecule has 1 heterocycles. The Morgan fingerprint density at radius 3 is 2.88 bits per heavy atom. The Hall–Kier alpha value is -2.32. The predicted molar refractivity (Wildman–Crippen MR) is 62.7 cm³/mol. The van der Waals surface area contributed by atoms with Crippen LogP contribution in [-0.4, -0.2) is 9.97 Å². The monoisotopic (exact) mass is 246 g/mol. The molecule has 0 atom stereocenters. The summed E-state index contributed by atoms with van der Waals surface area (Å²) in [6.07, 6.45) is 1.44. The molecule has 0 spiro atoms. The number of nitrogen functional groups attached to an aromatic ring is 1. The molecule has 0 bridgehead atoms. The topological polar surface area (TPSA) is 84.8 Å². The number of rotatable bonds is 2. The second-order valence-corrected chi connectivity index (χ2v) is 3.53. The van der Waals surface area contributed by atoms with Gasteiger partial charge in [0.1, 0.15) is 17.5 Å². The molecule has 0 fully saturated rings. The van der Waals surface area contributed by atoms with Gasteiger partial charge in [0.15, 0.2) is 0 Å². The van der Waals surface area contributed by atoms with Gasteiger partial charge >= 0.3 is 6.01 Å². The number of benzene rings is 1. The Balaban J connectivity index is 2.25. The molecule has 0 aliphatic rings. The van der Waals surface area contributed by atoms with Crippen molar-refractivity contribution in [3.8, 4) is 17.8 Å². The molecule has 0 saturated heterocycles. The van der Waals surface area contributed by atoms with Crippen LogP contribution in [-0.2, 0) is 0 Å². The number of nitriles is 1. The molecular weight excluding hydrogens is 240 g/mol. The Morgan fingerprint density at radius 1 is 1.35 bits per heavy atom. The summed E-state index contributed by atoms with van der Waals surface area (Å²) in [7, 11) is 0. The molecule has 0 saturated carbocycles. The van der Waals surface area contributed by atoms with E-state index in [1.807, 2.05) is 6.07 Å². The fourth-order valence-electron chi connectivity index (χ4n) is 1.13. The first kappa shape index (κ1) is 11.2. The van der Waals surface area contributed by atoms with Gasteiger partial charge in [-0.15, -0.1) is 0 Å². The van der Waals surface area contributed by atoms with Crippen LogP contribution in [0.5, 0.6) is 11.8 Å². The van der Waals surface area contributed by atoms with Gasteiger partial charge in [0.05, 0.1) is 10.7 Å². The van der Waals surface area contributed by atoms with Crippen LogP contribution in [0.15, 0.2) is 30.5 Å². The lowest BCUT2D eigenvalue weighted by molar-refractivity contribution is 0.441. The van der Waals surface area contributed by atoms with Crippen LogP contribution in [0.25, 0.3) is 0 Å². The van der Waals surface area contributed by atoms with E-state index in [-0.39, 0.29) is 11.7 Å². The van der Waals surface area contributed by atoms with Crippen molar-refractivity contribution >= 4 is 17.3 Å². The summed E-state index contributed by atoms with van der Waals surface area (Å²) in [5.41, 5.74) is 6.26. The molecule has 0 aliphatic heterocycles. The number of ether oxygens (including phenoxy) is 1. The Labute approximate surface area is 102 Å². The van der Waals surface area contributed by atoms with Crippen molar-refractivity contribution < 1.29 is 4.74 Å². The van der Waals surface area contributed by atoms with Crippen LogP contribution in [0.1, 0.15) is 5.69 Å². The first-order valence-corrected chi connectivity index (χ1v) is 5.03. The predicted octanol–water partition coefficient (Wildman–Crippen LogP) is 2.38. The number of nitrogens with two attached hydrogens (primary N) is 1. The molecule has 0 radical (unpaired) electrons. The van der Waals surface area contributed by atoms with Gasteiger partial charge in [0.25, 0.3) is 0 Å². The van der Waals surface area contributed by atoms with Crippen molar-refractivity contribution in [1.29, 1.82) is 5.26 Å². The van der Waals surface area contributed by atoms with E-state index in [4.69, 9.17) is 27.3 Å².